The quantitative estimate of drug-likeness (QED) is 0.902. The third-order valence-electron chi connectivity index (χ3n) is 4.63. The van der Waals surface area contributed by atoms with Gasteiger partial charge in [0.05, 0.1) is 11.3 Å². The molecule has 0 spiro atoms. The molecule has 2 fully saturated rings. The van der Waals surface area contributed by atoms with Crippen LogP contribution in [-0.4, -0.2) is 20.1 Å². The topological polar surface area (TPSA) is 39.1 Å². The molecule has 0 amide bonds. The summed E-state index contributed by atoms with van der Waals surface area (Å²) in [5.41, 5.74) is 3.15. The first-order valence-corrected chi connectivity index (χ1v) is 7.24. The van der Waals surface area contributed by atoms with E-state index in [1.807, 2.05) is 13.1 Å². The molecule has 2 atom stereocenters. The van der Waals surface area contributed by atoms with E-state index in [4.69, 9.17) is 0 Å². The van der Waals surface area contributed by atoms with Gasteiger partial charge in [-0.2, -0.15) is 5.26 Å². The van der Waals surface area contributed by atoms with E-state index in [1.165, 1.54) is 24.8 Å². The molecule has 0 radical (unpaired) electrons. The van der Waals surface area contributed by atoms with Crippen LogP contribution in [0.1, 0.15) is 30.4 Å². The summed E-state index contributed by atoms with van der Waals surface area (Å²) in [4.78, 5) is 2.43. The van der Waals surface area contributed by atoms with E-state index in [0.29, 0.717) is 0 Å². The van der Waals surface area contributed by atoms with Crippen molar-refractivity contribution in [1.29, 1.82) is 5.26 Å². The number of benzene rings is 1. The molecule has 0 bridgehead atoms. The molecule has 1 aliphatic carbocycles. The average Bonchev–Trinajstić information content (AvgIpc) is 2.99. The van der Waals surface area contributed by atoms with Crippen LogP contribution in [0.15, 0.2) is 18.2 Å². The summed E-state index contributed by atoms with van der Waals surface area (Å²) in [7, 11) is 1.93. The normalized spacial score (nSPS) is 25.4. The van der Waals surface area contributed by atoms with Crippen molar-refractivity contribution in [2.45, 2.75) is 25.8 Å². The van der Waals surface area contributed by atoms with Crippen molar-refractivity contribution in [2.75, 3.05) is 25.0 Å². The van der Waals surface area contributed by atoms with Gasteiger partial charge in [-0.3, -0.25) is 0 Å². The number of rotatable bonds is 3. The molecule has 1 heterocycles. The van der Waals surface area contributed by atoms with Gasteiger partial charge in [0.15, 0.2) is 0 Å². The Kier molecular flexibility index (Phi) is 3.44. The molecular formula is C16H21N3. The minimum atomic E-state index is 0.820. The summed E-state index contributed by atoms with van der Waals surface area (Å²) in [5.74, 6) is 1.73. The minimum Gasteiger partial charge on any atom is -0.370 e. The molecule has 2 unspecified atom stereocenters. The van der Waals surface area contributed by atoms with Crippen LogP contribution < -0.4 is 10.2 Å². The maximum atomic E-state index is 9.38. The third-order valence-corrected chi connectivity index (χ3v) is 4.63. The Balaban J connectivity index is 1.83. The van der Waals surface area contributed by atoms with Crippen molar-refractivity contribution in [3.8, 4) is 6.07 Å². The lowest BCUT2D eigenvalue weighted by molar-refractivity contribution is 0.494. The Morgan fingerprint density at radius 1 is 1.32 bits per heavy atom. The second-order valence-electron chi connectivity index (χ2n) is 5.85. The standard InChI is InChI=1S/C16H21N3/c1-18-9-12-5-6-16(15(7-12)8-17)19-10-13-3-2-4-14(13)11-19/h5-7,13-14,18H,2-4,9-11H2,1H3. The molecule has 3 nitrogen and oxygen atoms in total. The summed E-state index contributed by atoms with van der Waals surface area (Å²) in [6.07, 6.45) is 4.15. The maximum absolute atomic E-state index is 9.38. The van der Waals surface area contributed by atoms with E-state index in [0.717, 1.165) is 42.7 Å². The lowest BCUT2D eigenvalue weighted by Crippen LogP contribution is -2.21. The lowest BCUT2D eigenvalue weighted by atomic mass is 10.0. The van der Waals surface area contributed by atoms with E-state index in [2.05, 4.69) is 28.4 Å². The zero-order valence-electron chi connectivity index (χ0n) is 11.5. The van der Waals surface area contributed by atoms with E-state index in [1.54, 1.807) is 0 Å². The van der Waals surface area contributed by atoms with Gasteiger partial charge in [0, 0.05) is 19.6 Å². The van der Waals surface area contributed by atoms with Crippen LogP contribution >= 0.6 is 0 Å². The molecule has 100 valence electrons. The van der Waals surface area contributed by atoms with Crippen molar-refractivity contribution in [1.82, 2.24) is 5.32 Å². The Hall–Kier alpha value is -1.53. The molecular weight excluding hydrogens is 234 g/mol. The van der Waals surface area contributed by atoms with Gasteiger partial charge in [0.1, 0.15) is 6.07 Å². The number of nitrogens with one attached hydrogen (secondary N) is 1. The molecule has 0 aromatic heterocycles. The zero-order valence-corrected chi connectivity index (χ0v) is 11.5. The number of hydrogen-bond donors (Lipinski definition) is 1. The highest BCUT2D eigenvalue weighted by atomic mass is 15.2. The second-order valence-corrected chi connectivity index (χ2v) is 5.85. The van der Waals surface area contributed by atoms with Gasteiger partial charge in [0.2, 0.25) is 0 Å². The smallest absolute Gasteiger partial charge is 0.101 e. The first-order chi connectivity index (χ1) is 9.31. The fraction of sp³-hybridized carbons (Fsp3) is 0.562. The molecule has 3 rings (SSSR count). The van der Waals surface area contributed by atoms with Crippen LogP contribution in [0.4, 0.5) is 5.69 Å². The Labute approximate surface area is 115 Å². The van der Waals surface area contributed by atoms with Gasteiger partial charge in [-0.15, -0.1) is 0 Å². The molecule has 1 aromatic carbocycles. The molecule has 1 aromatic rings. The Bertz CT molecular complexity index is 491. The van der Waals surface area contributed by atoms with Crippen molar-refractivity contribution < 1.29 is 0 Å². The van der Waals surface area contributed by atoms with Crippen molar-refractivity contribution >= 4 is 5.69 Å². The number of anilines is 1. The van der Waals surface area contributed by atoms with Crippen LogP contribution in [0, 0.1) is 23.2 Å². The Morgan fingerprint density at radius 3 is 2.68 bits per heavy atom. The van der Waals surface area contributed by atoms with Gasteiger partial charge < -0.3 is 10.2 Å². The van der Waals surface area contributed by atoms with E-state index in [9.17, 15) is 5.26 Å². The maximum Gasteiger partial charge on any atom is 0.101 e. The number of nitriles is 1. The third kappa shape index (κ3) is 2.33. The molecule has 1 saturated carbocycles. The fourth-order valence-electron chi connectivity index (χ4n) is 3.69. The first kappa shape index (κ1) is 12.5. The van der Waals surface area contributed by atoms with Crippen LogP contribution in [0.2, 0.25) is 0 Å². The molecule has 1 aliphatic heterocycles. The van der Waals surface area contributed by atoms with E-state index in [-0.39, 0.29) is 0 Å². The van der Waals surface area contributed by atoms with Gasteiger partial charge >= 0.3 is 0 Å². The highest BCUT2D eigenvalue weighted by molar-refractivity contribution is 5.61. The van der Waals surface area contributed by atoms with Gasteiger partial charge in [0.25, 0.3) is 0 Å². The van der Waals surface area contributed by atoms with E-state index < -0.39 is 0 Å². The molecule has 3 heteroatoms. The zero-order chi connectivity index (χ0) is 13.2. The molecule has 19 heavy (non-hydrogen) atoms. The molecule has 1 saturated heterocycles. The van der Waals surface area contributed by atoms with Gasteiger partial charge in [-0.1, -0.05) is 12.5 Å². The monoisotopic (exact) mass is 255 g/mol. The molecule has 1 N–H and O–H groups in total. The van der Waals surface area contributed by atoms with Gasteiger partial charge in [-0.25, -0.2) is 0 Å². The predicted octanol–water partition coefficient (Wildman–Crippen LogP) is 2.51. The van der Waals surface area contributed by atoms with Crippen LogP contribution in [0.5, 0.6) is 0 Å². The summed E-state index contributed by atoms with van der Waals surface area (Å²) < 4.78 is 0. The van der Waals surface area contributed by atoms with Crippen molar-refractivity contribution in [3.63, 3.8) is 0 Å². The van der Waals surface area contributed by atoms with Crippen molar-refractivity contribution in [3.05, 3.63) is 29.3 Å². The lowest BCUT2D eigenvalue weighted by Gasteiger charge is -2.21. The van der Waals surface area contributed by atoms with Gasteiger partial charge in [-0.05, 0) is 49.4 Å². The number of fused-ring (bicyclic) bond motifs is 1. The minimum absolute atomic E-state index is 0.820. The number of nitrogens with zero attached hydrogens (tertiary/aromatic N) is 2. The average molecular weight is 255 g/mol. The summed E-state index contributed by atoms with van der Waals surface area (Å²) in [5, 5.41) is 12.5. The fourth-order valence-corrected chi connectivity index (χ4v) is 3.69. The summed E-state index contributed by atoms with van der Waals surface area (Å²) >= 11 is 0. The highest BCUT2D eigenvalue weighted by Gasteiger charge is 2.36. The predicted molar refractivity (Wildman–Crippen MR) is 77.0 cm³/mol. The number of hydrogen-bond acceptors (Lipinski definition) is 3. The Morgan fingerprint density at radius 2 is 2.05 bits per heavy atom. The van der Waals surface area contributed by atoms with Crippen LogP contribution in [0.25, 0.3) is 0 Å². The molecule has 2 aliphatic rings. The van der Waals surface area contributed by atoms with E-state index >= 15 is 0 Å². The first-order valence-electron chi connectivity index (χ1n) is 7.24. The summed E-state index contributed by atoms with van der Waals surface area (Å²) in [6, 6.07) is 8.67. The largest absolute Gasteiger partial charge is 0.370 e. The van der Waals surface area contributed by atoms with Crippen molar-refractivity contribution in [2.24, 2.45) is 11.8 Å². The second kappa shape index (κ2) is 5.22. The SMILES string of the molecule is CNCc1ccc(N2CC3CCCC3C2)c(C#N)c1. The van der Waals surface area contributed by atoms with Crippen LogP contribution in [0.3, 0.4) is 0 Å². The summed E-state index contributed by atoms with van der Waals surface area (Å²) in [6.45, 7) is 3.11. The highest BCUT2D eigenvalue weighted by Crippen LogP contribution is 2.40. The van der Waals surface area contributed by atoms with Crippen LogP contribution in [-0.2, 0) is 6.54 Å².